The van der Waals surface area contributed by atoms with Gasteiger partial charge in [0.25, 0.3) is 5.91 Å². The van der Waals surface area contributed by atoms with E-state index >= 15 is 0 Å². The summed E-state index contributed by atoms with van der Waals surface area (Å²) in [6.07, 6.45) is 3.03. The summed E-state index contributed by atoms with van der Waals surface area (Å²) in [5.74, 6) is 0.133. The number of carbonyl (C=O) groups is 2. The Hall–Kier alpha value is -1.99. The van der Waals surface area contributed by atoms with Crippen LogP contribution in [0.5, 0.6) is 11.5 Å². The van der Waals surface area contributed by atoms with E-state index in [-0.39, 0.29) is 42.3 Å². The summed E-state index contributed by atoms with van der Waals surface area (Å²) < 4.78 is 10.7. The van der Waals surface area contributed by atoms with Crippen LogP contribution in [0.25, 0.3) is 0 Å². The van der Waals surface area contributed by atoms with Gasteiger partial charge in [-0.05, 0) is 46.1 Å². The zero-order valence-corrected chi connectivity index (χ0v) is 19.0. The van der Waals surface area contributed by atoms with E-state index in [0.29, 0.717) is 22.7 Å². The van der Waals surface area contributed by atoms with Crippen LogP contribution in [0.15, 0.2) is 12.1 Å². The standard InChI is InChI=1S/C21H33N3O4.ClH/c1-12-8-7-9-13(2)24(12)21(26)16-10-18(27-5)19(28-6)11-17(16)23-20(25)14(3)15(4)22;/h10-15H,7-9,22H2,1-6H3,(H,23,25);1H. The van der Waals surface area contributed by atoms with E-state index in [1.165, 1.54) is 14.2 Å². The average molecular weight is 428 g/mol. The number of likely N-dealkylation sites (tertiary alicyclic amines) is 1. The number of hydrogen-bond acceptors (Lipinski definition) is 5. The third-order valence-corrected chi connectivity index (χ3v) is 5.64. The van der Waals surface area contributed by atoms with Crippen LogP contribution in [-0.4, -0.2) is 49.1 Å². The molecule has 7 nitrogen and oxygen atoms in total. The van der Waals surface area contributed by atoms with Crippen LogP contribution in [0.3, 0.4) is 0 Å². The van der Waals surface area contributed by atoms with Crippen LogP contribution < -0.4 is 20.5 Å². The van der Waals surface area contributed by atoms with Crippen molar-refractivity contribution in [1.29, 1.82) is 0 Å². The van der Waals surface area contributed by atoms with Gasteiger partial charge in [-0.15, -0.1) is 12.4 Å². The summed E-state index contributed by atoms with van der Waals surface area (Å²) in [6.45, 7) is 7.66. The fourth-order valence-electron chi connectivity index (χ4n) is 3.61. The fraction of sp³-hybridized carbons (Fsp3) is 0.619. The first-order valence-corrected chi connectivity index (χ1v) is 9.86. The summed E-state index contributed by atoms with van der Waals surface area (Å²) in [4.78, 5) is 27.9. The van der Waals surface area contributed by atoms with Crippen LogP contribution in [0.4, 0.5) is 5.69 Å². The molecule has 164 valence electrons. The van der Waals surface area contributed by atoms with E-state index in [1.54, 1.807) is 26.0 Å². The predicted octanol–water partition coefficient (Wildman–Crippen LogP) is 3.45. The molecule has 2 amide bonds. The molecular weight excluding hydrogens is 394 g/mol. The molecule has 0 saturated carbocycles. The maximum absolute atomic E-state index is 13.4. The number of benzene rings is 1. The van der Waals surface area contributed by atoms with Gasteiger partial charge < -0.3 is 25.4 Å². The van der Waals surface area contributed by atoms with Crippen molar-refractivity contribution in [3.05, 3.63) is 17.7 Å². The molecule has 1 aliphatic rings. The van der Waals surface area contributed by atoms with Crippen molar-refractivity contribution in [3.8, 4) is 11.5 Å². The number of nitrogens with one attached hydrogen (secondary N) is 1. The lowest BCUT2D eigenvalue weighted by molar-refractivity contribution is -0.119. The van der Waals surface area contributed by atoms with Gasteiger partial charge in [0.2, 0.25) is 5.91 Å². The van der Waals surface area contributed by atoms with Gasteiger partial charge in [0.05, 0.1) is 31.4 Å². The summed E-state index contributed by atoms with van der Waals surface area (Å²) in [7, 11) is 3.04. The molecule has 1 saturated heterocycles. The summed E-state index contributed by atoms with van der Waals surface area (Å²) in [6, 6.07) is 3.24. The molecule has 8 heteroatoms. The highest BCUT2D eigenvalue weighted by Crippen LogP contribution is 2.36. The highest BCUT2D eigenvalue weighted by atomic mass is 35.5. The predicted molar refractivity (Wildman–Crippen MR) is 117 cm³/mol. The molecule has 0 aromatic heterocycles. The van der Waals surface area contributed by atoms with E-state index in [0.717, 1.165) is 19.3 Å². The Morgan fingerprint density at radius 2 is 1.62 bits per heavy atom. The summed E-state index contributed by atoms with van der Waals surface area (Å²) >= 11 is 0. The number of anilines is 1. The van der Waals surface area contributed by atoms with Gasteiger partial charge in [-0.25, -0.2) is 0 Å². The summed E-state index contributed by atoms with van der Waals surface area (Å²) in [5, 5.41) is 2.87. The number of piperidine rings is 1. The quantitative estimate of drug-likeness (QED) is 0.725. The maximum atomic E-state index is 13.4. The number of hydrogen-bond donors (Lipinski definition) is 2. The Labute approximate surface area is 179 Å². The van der Waals surface area contributed by atoms with Gasteiger partial charge in [-0.3, -0.25) is 9.59 Å². The number of nitrogens with two attached hydrogens (primary N) is 1. The number of amides is 2. The smallest absolute Gasteiger partial charge is 0.256 e. The molecule has 2 rings (SSSR count). The van der Waals surface area contributed by atoms with Crippen molar-refractivity contribution in [2.45, 2.75) is 65.1 Å². The molecule has 4 unspecified atom stereocenters. The van der Waals surface area contributed by atoms with Gasteiger partial charge in [0.1, 0.15) is 0 Å². The van der Waals surface area contributed by atoms with Crippen molar-refractivity contribution in [2.75, 3.05) is 19.5 Å². The van der Waals surface area contributed by atoms with Gasteiger partial charge in [0, 0.05) is 24.2 Å². The van der Waals surface area contributed by atoms with Crippen molar-refractivity contribution in [1.82, 2.24) is 4.90 Å². The Kier molecular flexibility index (Phi) is 9.23. The van der Waals surface area contributed by atoms with Crippen LogP contribution in [0, 0.1) is 5.92 Å². The van der Waals surface area contributed by atoms with E-state index in [4.69, 9.17) is 15.2 Å². The lowest BCUT2D eigenvalue weighted by atomic mass is 9.95. The maximum Gasteiger partial charge on any atom is 0.256 e. The minimum atomic E-state index is -0.399. The SMILES string of the molecule is COc1cc(NC(=O)C(C)C(C)N)c(C(=O)N2C(C)CCCC2C)cc1OC.Cl. The molecule has 0 radical (unpaired) electrons. The monoisotopic (exact) mass is 427 g/mol. The molecule has 1 heterocycles. The van der Waals surface area contributed by atoms with Gasteiger partial charge >= 0.3 is 0 Å². The molecule has 0 bridgehead atoms. The number of rotatable bonds is 6. The Balaban J connectivity index is 0.00000420. The van der Waals surface area contributed by atoms with E-state index in [9.17, 15) is 9.59 Å². The number of methoxy groups -OCH3 is 2. The van der Waals surface area contributed by atoms with Crippen LogP contribution in [-0.2, 0) is 4.79 Å². The van der Waals surface area contributed by atoms with Crippen LogP contribution in [0.2, 0.25) is 0 Å². The second kappa shape index (κ2) is 10.7. The first-order valence-electron chi connectivity index (χ1n) is 9.86. The summed E-state index contributed by atoms with van der Waals surface area (Å²) in [5.41, 5.74) is 6.66. The average Bonchev–Trinajstić information content (AvgIpc) is 2.66. The lowest BCUT2D eigenvalue weighted by Gasteiger charge is -2.39. The third kappa shape index (κ3) is 5.54. The van der Waals surface area contributed by atoms with E-state index in [1.807, 2.05) is 4.90 Å². The third-order valence-electron chi connectivity index (χ3n) is 5.64. The topological polar surface area (TPSA) is 93.9 Å². The second-order valence-electron chi connectivity index (χ2n) is 7.73. The van der Waals surface area contributed by atoms with Crippen molar-refractivity contribution < 1.29 is 19.1 Å². The molecule has 0 spiro atoms. The number of ether oxygens (including phenoxy) is 2. The normalized spacial score (nSPS) is 20.9. The number of halogens is 1. The van der Waals surface area contributed by atoms with Gasteiger partial charge in [-0.1, -0.05) is 6.92 Å². The van der Waals surface area contributed by atoms with Crippen molar-refractivity contribution in [3.63, 3.8) is 0 Å². The Morgan fingerprint density at radius 3 is 2.10 bits per heavy atom. The first-order chi connectivity index (χ1) is 13.2. The number of nitrogens with zero attached hydrogens (tertiary/aromatic N) is 1. The molecule has 3 N–H and O–H groups in total. The van der Waals surface area contributed by atoms with E-state index in [2.05, 4.69) is 19.2 Å². The largest absolute Gasteiger partial charge is 0.493 e. The van der Waals surface area contributed by atoms with Crippen molar-refractivity contribution in [2.24, 2.45) is 11.7 Å². The highest BCUT2D eigenvalue weighted by molar-refractivity contribution is 6.05. The van der Waals surface area contributed by atoms with Crippen LogP contribution in [0.1, 0.15) is 57.3 Å². The molecule has 0 aliphatic carbocycles. The van der Waals surface area contributed by atoms with Gasteiger partial charge in [0.15, 0.2) is 11.5 Å². The molecule has 1 fully saturated rings. The Morgan fingerprint density at radius 1 is 1.10 bits per heavy atom. The zero-order chi connectivity index (χ0) is 21.0. The fourth-order valence-corrected chi connectivity index (χ4v) is 3.61. The minimum absolute atomic E-state index is 0. The lowest BCUT2D eigenvalue weighted by Crippen LogP contribution is -2.47. The Bertz CT molecular complexity index is 716. The molecular formula is C21H34ClN3O4. The zero-order valence-electron chi connectivity index (χ0n) is 18.2. The molecule has 1 aromatic carbocycles. The minimum Gasteiger partial charge on any atom is -0.493 e. The van der Waals surface area contributed by atoms with Crippen molar-refractivity contribution >= 4 is 29.9 Å². The second-order valence-corrected chi connectivity index (χ2v) is 7.73. The molecule has 1 aromatic rings. The molecule has 1 aliphatic heterocycles. The molecule has 29 heavy (non-hydrogen) atoms. The van der Waals surface area contributed by atoms with E-state index < -0.39 is 5.92 Å². The van der Waals surface area contributed by atoms with Gasteiger partial charge in [-0.2, -0.15) is 0 Å². The highest BCUT2D eigenvalue weighted by Gasteiger charge is 2.32. The molecule has 4 atom stereocenters. The first kappa shape index (κ1) is 25.0. The van der Waals surface area contributed by atoms with Crippen LogP contribution >= 0.6 is 12.4 Å². The number of carbonyl (C=O) groups excluding carboxylic acids is 2.